The van der Waals surface area contributed by atoms with E-state index in [2.05, 4.69) is 25.2 Å². The summed E-state index contributed by atoms with van der Waals surface area (Å²) in [5.41, 5.74) is 2.71. The van der Waals surface area contributed by atoms with E-state index in [1.165, 1.54) is 37.7 Å². The fourth-order valence-electron chi connectivity index (χ4n) is 4.15. The van der Waals surface area contributed by atoms with Crippen molar-refractivity contribution < 1.29 is 14.3 Å². The van der Waals surface area contributed by atoms with Gasteiger partial charge in [-0.25, -0.2) is 0 Å². The number of carbonyl (C=O) groups excluding carboxylic acids is 1. The number of para-hydroxylation sites is 1. The van der Waals surface area contributed by atoms with Crippen molar-refractivity contribution in [3.8, 4) is 11.5 Å². The summed E-state index contributed by atoms with van der Waals surface area (Å²) in [5, 5.41) is 3.24. The second-order valence-corrected chi connectivity index (χ2v) is 8.52. The molecule has 0 saturated heterocycles. The fraction of sp³-hybridized carbons (Fsp3) is 0.500. The molecule has 4 nitrogen and oxygen atoms in total. The maximum Gasteiger partial charge on any atom is 0.251 e. The van der Waals surface area contributed by atoms with Crippen molar-refractivity contribution in [1.82, 2.24) is 5.32 Å². The number of hydrogen-bond donors (Lipinski definition) is 1. The first-order chi connectivity index (χ1) is 14.6. The Bertz CT molecular complexity index is 823. The Morgan fingerprint density at radius 3 is 2.40 bits per heavy atom. The number of benzene rings is 2. The van der Waals surface area contributed by atoms with E-state index in [-0.39, 0.29) is 11.9 Å². The van der Waals surface area contributed by atoms with Crippen LogP contribution in [-0.2, 0) is 6.61 Å². The summed E-state index contributed by atoms with van der Waals surface area (Å²) in [6.07, 6.45) is 8.41. The summed E-state index contributed by atoms with van der Waals surface area (Å²) < 4.78 is 11.6. The highest BCUT2D eigenvalue weighted by atomic mass is 16.5. The standard InChI is InChI=1S/C26H35NO3/c1-19(2)23-13-9-10-14-25(23)30-18-21-17-20(15-16-24(21)29-3)26(28)27-22-11-7-5-4-6-8-12-22/h9-10,13-17,19,22H,4-8,11-12,18H2,1-3H3,(H,27,28). The molecular formula is C26H35NO3. The SMILES string of the molecule is COc1ccc(C(=O)NC2CCCCCCC2)cc1COc1ccccc1C(C)C. The summed E-state index contributed by atoms with van der Waals surface area (Å²) in [5.74, 6) is 1.98. The predicted molar refractivity (Wildman–Crippen MR) is 121 cm³/mol. The molecule has 162 valence electrons. The minimum atomic E-state index is -0.00735. The van der Waals surface area contributed by atoms with Crippen LogP contribution in [0.2, 0.25) is 0 Å². The van der Waals surface area contributed by atoms with E-state index < -0.39 is 0 Å². The molecule has 3 rings (SSSR count). The molecule has 0 radical (unpaired) electrons. The Balaban J connectivity index is 1.71. The number of amides is 1. The largest absolute Gasteiger partial charge is 0.496 e. The van der Waals surface area contributed by atoms with Gasteiger partial charge in [-0.2, -0.15) is 0 Å². The monoisotopic (exact) mass is 409 g/mol. The van der Waals surface area contributed by atoms with Gasteiger partial charge >= 0.3 is 0 Å². The normalized spacial score (nSPS) is 15.3. The maximum absolute atomic E-state index is 12.9. The molecular weight excluding hydrogens is 374 g/mol. The Morgan fingerprint density at radius 2 is 1.70 bits per heavy atom. The van der Waals surface area contributed by atoms with Gasteiger partial charge in [0, 0.05) is 17.2 Å². The summed E-state index contributed by atoms with van der Waals surface area (Å²) in [7, 11) is 1.65. The Morgan fingerprint density at radius 1 is 1.00 bits per heavy atom. The molecule has 1 fully saturated rings. The van der Waals surface area contributed by atoms with Crippen molar-refractivity contribution >= 4 is 5.91 Å². The highest BCUT2D eigenvalue weighted by Gasteiger charge is 2.17. The molecule has 2 aromatic rings. The van der Waals surface area contributed by atoms with Crippen LogP contribution in [0, 0.1) is 0 Å². The minimum Gasteiger partial charge on any atom is -0.496 e. The lowest BCUT2D eigenvalue weighted by molar-refractivity contribution is 0.0930. The first-order valence-electron chi connectivity index (χ1n) is 11.3. The molecule has 2 aromatic carbocycles. The molecule has 1 aliphatic carbocycles. The molecule has 30 heavy (non-hydrogen) atoms. The van der Waals surface area contributed by atoms with E-state index >= 15 is 0 Å². The highest BCUT2D eigenvalue weighted by molar-refractivity contribution is 5.94. The first-order valence-corrected chi connectivity index (χ1v) is 11.3. The van der Waals surface area contributed by atoms with Crippen molar-refractivity contribution in [3.05, 3.63) is 59.2 Å². The van der Waals surface area contributed by atoms with Gasteiger partial charge in [-0.1, -0.05) is 64.2 Å². The van der Waals surface area contributed by atoms with Gasteiger partial charge in [0.15, 0.2) is 0 Å². The van der Waals surface area contributed by atoms with Gasteiger partial charge in [0.2, 0.25) is 0 Å². The molecule has 0 unspecified atom stereocenters. The Hall–Kier alpha value is -2.49. The van der Waals surface area contributed by atoms with Crippen molar-refractivity contribution in [2.45, 2.75) is 77.4 Å². The van der Waals surface area contributed by atoms with Crippen molar-refractivity contribution in [1.29, 1.82) is 0 Å². The van der Waals surface area contributed by atoms with E-state index in [0.717, 1.165) is 29.9 Å². The van der Waals surface area contributed by atoms with Crippen LogP contribution in [0.15, 0.2) is 42.5 Å². The summed E-state index contributed by atoms with van der Waals surface area (Å²) in [6, 6.07) is 14.0. The highest BCUT2D eigenvalue weighted by Crippen LogP contribution is 2.28. The van der Waals surface area contributed by atoms with E-state index in [9.17, 15) is 4.79 Å². The van der Waals surface area contributed by atoms with E-state index in [0.29, 0.717) is 18.1 Å². The number of hydrogen-bond acceptors (Lipinski definition) is 3. The smallest absolute Gasteiger partial charge is 0.251 e. The van der Waals surface area contributed by atoms with Crippen LogP contribution in [0.1, 0.15) is 86.2 Å². The topological polar surface area (TPSA) is 47.6 Å². The summed E-state index contributed by atoms with van der Waals surface area (Å²) in [6.45, 7) is 4.67. The lowest BCUT2D eigenvalue weighted by Crippen LogP contribution is -2.35. The van der Waals surface area contributed by atoms with Crippen molar-refractivity contribution in [3.63, 3.8) is 0 Å². The van der Waals surface area contributed by atoms with Gasteiger partial charge in [-0.05, 0) is 48.6 Å². The average molecular weight is 410 g/mol. The number of methoxy groups -OCH3 is 1. The Kier molecular flexibility index (Phi) is 8.18. The number of nitrogens with one attached hydrogen (secondary N) is 1. The predicted octanol–water partition coefficient (Wildman–Crippen LogP) is 6.24. The van der Waals surface area contributed by atoms with Gasteiger partial charge in [-0.3, -0.25) is 4.79 Å². The van der Waals surface area contributed by atoms with Crippen LogP contribution in [0.3, 0.4) is 0 Å². The molecule has 0 atom stereocenters. The molecule has 0 heterocycles. The van der Waals surface area contributed by atoms with Crippen LogP contribution in [0.25, 0.3) is 0 Å². The Labute approximate surface area is 181 Å². The third kappa shape index (κ3) is 6.01. The quantitative estimate of drug-likeness (QED) is 0.589. The van der Waals surface area contributed by atoms with Crippen LogP contribution in [0.5, 0.6) is 11.5 Å². The zero-order valence-electron chi connectivity index (χ0n) is 18.6. The van der Waals surface area contributed by atoms with Crippen molar-refractivity contribution in [2.75, 3.05) is 7.11 Å². The van der Waals surface area contributed by atoms with E-state index in [1.54, 1.807) is 7.11 Å². The zero-order valence-corrected chi connectivity index (χ0v) is 18.6. The van der Waals surface area contributed by atoms with Crippen LogP contribution >= 0.6 is 0 Å². The van der Waals surface area contributed by atoms with Gasteiger partial charge in [0.05, 0.1) is 7.11 Å². The molecule has 0 bridgehead atoms. The average Bonchev–Trinajstić information content (AvgIpc) is 2.73. The van der Waals surface area contributed by atoms with Gasteiger partial charge in [0.1, 0.15) is 18.1 Å². The number of rotatable bonds is 7. The fourth-order valence-corrected chi connectivity index (χ4v) is 4.15. The second-order valence-electron chi connectivity index (χ2n) is 8.52. The summed E-state index contributed by atoms with van der Waals surface area (Å²) in [4.78, 5) is 12.9. The lowest BCUT2D eigenvalue weighted by Gasteiger charge is -2.21. The van der Waals surface area contributed by atoms with E-state index in [1.807, 2.05) is 36.4 Å². The van der Waals surface area contributed by atoms with Gasteiger partial charge in [0.25, 0.3) is 5.91 Å². The molecule has 1 aliphatic rings. The van der Waals surface area contributed by atoms with Crippen molar-refractivity contribution in [2.24, 2.45) is 0 Å². The molecule has 1 N–H and O–H groups in total. The van der Waals surface area contributed by atoms with E-state index in [4.69, 9.17) is 9.47 Å². The molecule has 0 aliphatic heterocycles. The third-order valence-corrected chi connectivity index (χ3v) is 5.91. The molecule has 1 saturated carbocycles. The molecule has 1 amide bonds. The van der Waals surface area contributed by atoms with Crippen LogP contribution in [0.4, 0.5) is 0 Å². The third-order valence-electron chi connectivity index (χ3n) is 5.91. The van der Waals surface area contributed by atoms with Gasteiger partial charge in [-0.15, -0.1) is 0 Å². The molecule has 0 aromatic heterocycles. The zero-order chi connectivity index (χ0) is 21.3. The second kappa shape index (κ2) is 11.1. The number of ether oxygens (including phenoxy) is 2. The first kappa shape index (κ1) is 22.2. The summed E-state index contributed by atoms with van der Waals surface area (Å²) >= 11 is 0. The maximum atomic E-state index is 12.9. The lowest BCUT2D eigenvalue weighted by atomic mass is 9.96. The van der Waals surface area contributed by atoms with Crippen LogP contribution in [-0.4, -0.2) is 19.1 Å². The number of carbonyl (C=O) groups is 1. The van der Waals surface area contributed by atoms with Gasteiger partial charge < -0.3 is 14.8 Å². The van der Waals surface area contributed by atoms with Crippen LogP contribution < -0.4 is 14.8 Å². The molecule has 0 spiro atoms. The molecule has 4 heteroatoms. The minimum absolute atomic E-state index is 0.00735.